The fourth-order valence-corrected chi connectivity index (χ4v) is 4.68. The van der Waals surface area contributed by atoms with Crippen molar-refractivity contribution in [3.8, 4) is 16.9 Å². The second-order valence-corrected chi connectivity index (χ2v) is 8.51. The third-order valence-corrected chi connectivity index (χ3v) is 6.48. The Hall–Kier alpha value is -2.44. The number of benzene rings is 1. The van der Waals surface area contributed by atoms with E-state index in [1.54, 1.807) is 0 Å². The standard InChI is InChI=1S/C24H31N5O/c1-2-12-28(13-3-1)14-15-30-22-6-4-19(5-7-22)21-16-26-24-23(17-27-29(24)18-21)20-8-10-25-11-9-20/h4-7,16-18,20,25H,1-3,8-15H2. The van der Waals surface area contributed by atoms with Gasteiger partial charge in [0.1, 0.15) is 12.4 Å². The third-order valence-electron chi connectivity index (χ3n) is 6.48. The van der Waals surface area contributed by atoms with Crippen molar-refractivity contribution in [3.63, 3.8) is 0 Å². The fraction of sp³-hybridized carbons (Fsp3) is 0.500. The van der Waals surface area contributed by atoms with Crippen molar-refractivity contribution in [2.45, 2.75) is 38.0 Å². The molecule has 2 fully saturated rings. The van der Waals surface area contributed by atoms with E-state index in [0.29, 0.717) is 5.92 Å². The molecule has 6 nitrogen and oxygen atoms in total. The van der Waals surface area contributed by atoms with Gasteiger partial charge in [0.2, 0.25) is 0 Å². The molecule has 0 saturated carbocycles. The Morgan fingerprint density at radius 2 is 1.77 bits per heavy atom. The Morgan fingerprint density at radius 1 is 0.967 bits per heavy atom. The Bertz CT molecular complexity index is 955. The molecule has 2 aromatic heterocycles. The van der Waals surface area contributed by atoms with Crippen LogP contribution in [-0.2, 0) is 0 Å². The maximum atomic E-state index is 5.96. The van der Waals surface area contributed by atoms with Crippen molar-refractivity contribution in [2.75, 3.05) is 39.3 Å². The smallest absolute Gasteiger partial charge is 0.158 e. The molecule has 2 aliphatic heterocycles. The maximum absolute atomic E-state index is 5.96. The lowest BCUT2D eigenvalue weighted by Gasteiger charge is -2.26. The zero-order chi connectivity index (χ0) is 20.2. The van der Waals surface area contributed by atoms with Crippen LogP contribution >= 0.6 is 0 Å². The Morgan fingerprint density at radius 3 is 2.57 bits per heavy atom. The summed E-state index contributed by atoms with van der Waals surface area (Å²) in [5, 5.41) is 8.02. The highest BCUT2D eigenvalue weighted by molar-refractivity contribution is 5.64. The summed E-state index contributed by atoms with van der Waals surface area (Å²) in [5.74, 6) is 1.49. The molecular formula is C24H31N5O. The number of hydrogen-bond donors (Lipinski definition) is 1. The summed E-state index contributed by atoms with van der Waals surface area (Å²) < 4.78 is 7.89. The third kappa shape index (κ3) is 4.35. The van der Waals surface area contributed by atoms with Crippen molar-refractivity contribution in [1.82, 2.24) is 24.8 Å². The van der Waals surface area contributed by atoms with Crippen molar-refractivity contribution in [1.29, 1.82) is 0 Å². The maximum Gasteiger partial charge on any atom is 0.158 e. The minimum absolute atomic E-state index is 0.559. The zero-order valence-corrected chi connectivity index (χ0v) is 17.6. The first-order valence-electron chi connectivity index (χ1n) is 11.4. The van der Waals surface area contributed by atoms with Gasteiger partial charge in [0.15, 0.2) is 5.65 Å². The van der Waals surface area contributed by atoms with E-state index in [0.717, 1.165) is 61.6 Å². The predicted molar refractivity (Wildman–Crippen MR) is 119 cm³/mol. The highest BCUT2D eigenvalue weighted by Crippen LogP contribution is 2.29. The van der Waals surface area contributed by atoms with E-state index in [2.05, 4.69) is 45.8 Å². The summed E-state index contributed by atoms with van der Waals surface area (Å²) in [6.07, 6.45) is 12.4. The monoisotopic (exact) mass is 405 g/mol. The molecular weight excluding hydrogens is 374 g/mol. The predicted octanol–water partition coefficient (Wildman–Crippen LogP) is 3.73. The molecule has 4 heterocycles. The SMILES string of the molecule is c1cc(-c2cnc3c(C4CCNCC4)cnn3c2)ccc1OCCN1CCCCC1. The summed E-state index contributed by atoms with van der Waals surface area (Å²) in [6.45, 7) is 6.34. The Balaban J connectivity index is 1.23. The van der Waals surface area contributed by atoms with Crippen LogP contribution in [0.3, 0.4) is 0 Å². The van der Waals surface area contributed by atoms with Gasteiger partial charge in [-0.2, -0.15) is 5.10 Å². The molecule has 3 aromatic rings. The molecule has 0 radical (unpaired) electrons. The second-order valence-electron chi connectivity index (χ2n) is 8.51. The topological polar surface area (TPSA) is 54.7 Å². The van der Waals surface area contributed by atoms with Crippen LogP contribution in [0.5, 0.6) is 5.75 Å². The minimum Gasteiger partial charge on any atom is -0.492 e. The van der Waals surface area contributed by atoms with Crippen LogP contribution in [0.2, 0.25) is 0 Å². The summed E-state index contributed by atoms with van der Waals surface area (Å²) in [5.41, 5.74) is 4.47. The number of hydrogen-bond acceptors (Lipinski definition) is 5. The average molecular weight is 406 g/mol. The highest BCUT2D eigenvalue weighted by Gasteiger charge is 2.20. The highest BCUT2D eigenvalue weighted by atomic mass is 16.5. The van der Waals surface area contributed by atoms with Crippen molar-refractivity contribution >= 4 is 5.65 Å². The quantitative estimate of drug-likeness (QED) is 0.677. The number of ether oxygens (including phenoxy) is 1. The Labute approximate surface area is 178 Å². The lowest BCUT2D eigenvalue weighted by atomic mass is 9.92. The molecule has 0 spiro atoms. The van der Waals surface area contributed by atoms with Crippen LogP contribution < -0.4 is 10.1 Å². The van der Waals surface area contributed by atoms with Gasteiger partial charge in [-0.15, -0.1) is 0 Å². The van der Waals surface area contributed by atoms with E-state index in [9.17, 15) is 0 Å². The number of nitrogens with zero attached hydrogens (tertiary/aromatic N) is 4. The van der Waals surface area contributed by atoms with Crippen LogP contribution in [0.4, 0.5) is 0 Å². The number of aromatic nitrogens is 3. The van der Waals surface area contributed by atoms with Gasteiger partial charge in [-0.25, -0.2) is 9.50 Å². The van der Waals surface area contributed by atoms with E-state index in [1.807, 2.05) is 16.9 Å². The van der Waals surface area contributed by atoms with Gasteiger partial charge in [0.25, 0.3) is 0 Å². The first-order valence-corrected chi connectivity index (χ1v) is 11.4. The normalized spacial score (nSPS) is 18.7. The van der Waals surface area contributed by atoms with E-state index >= 15 is 0 Å². The first kappa shape index (κ1) is 19.5. The van der Waals surface area contributed by atoms with Gasteiger partial charge < -0.3 is 10.1 Å². The minimum atomic E-state index is 0.559. The van der Waals surface area contributed by atoms with E-state index in [-0.39, 0.29) is 0 Å². The summed E-state index contributed by atoms with van der Waals surface area (Å²) in [7, 11) is 0. The van der Waals surface area contributed by atoms with E-state index < -0.39 is 0 Å². The van der Waals surface area contributed by atoms with Crippen LogP contribution in [0.25, 0.3) is 16.8 Å². The van der Waals surface area contributed by atoms with Gasteiger partial charge in [0.05, 0.1) is 6.20 Å². The molecule has 0 bridgehead atoms. The molecule has 158 valence electrons. The molecule has 6 heteroatoms. The molecule has 0 unspecified atom stereocenters. The lowest BCUT2D eigenvalue weighted by Crippen LogP contribution is -2.33. The van der Waals surface area contributed by atoms with Crippen molar-refractivity contribution in [2.24, 2.45) is 0 Å². The fourth-order valence-electron chi connectivity index (χ4n) is 4.68. The molecule has 0 amide bonds. The molecule has 30 heavy (non-hydrogen) atoms. The van der Waals surface area contributed by atoms with Gasteiger partial charge >= 0.3 is 0 Å². The number of nitrogens with one attached hydrogen (secondary N) is 1. The average Bonchev–Trinajstić information content (AvgIpc) is 3.24. The van der Waals surface area contributed by atoms with Crippen molar-refractivity contribution < 1.29 is 4.74 Å². The number of rotatable bonds is 6. The van der Waals surface area contributed by atoms with Crippen LogP contribution in [0.15, 0.2) is 42.9 Å². The Kier molecular flexibility index (Phi) is 5.95. The number of likely N-dealkylation sites (tertiary alicyclic amines) is 1. The zero-order valence-electron chi connectivity index (χ0n) is 17.6. The molecule has 1 aromatic carbocycles. The van der Waals surface area contributed by atoms with Gasteiger partial charge in [-0.1, -0.05) is 18.6 Å². The molecule has 1 N–H and O–H groups in total. The van der Waals surface area contributed by atoms with Gasteiger partial charge in [0, 0.05) is 30.1 Å². The summed E-state index contributed by atoms with van der Waals surface area (Å²) in [6, 6.07) is 8.32. The largest absolute Gasteiger partial charge is 0.492 e. The van der Waals surface area contributed by atoms with E-state index in [1.165, 1.54) is 37.9 Å². The van der Waals surface area contributed by atoms with Crippen LogP contribution in [0, 0.1) is 0 Å². The summed E-state index contributed by atoms with van der Waals surface area (Å²) >= 11 is 0. The molecule has 0 atom stereocenters. The van der Waals surface area contributed by atoms with Crippen LogP contribution in [0.1, 0.15) is 43.6 Å². The number of piperidine rings is 2. The van der Waals surface area contributed by atoms with Gasteiger partial charge in [-0.05, 0) is 75.5 Å². The van der Waals surface area contributed by atoms with Gasteiger partial charge in [-0.3, -0.25) is 4.90 Å². The molecule has 2 saturated heterocycles. The molecule has 0 aliphatic carbocycles. The first-order chi connectivity index (χ1) is 14.9. The number of fused-ring (bicyclic) bond motifs is 1. The molecule has 2 aliphatic rings. The van der Waals surface area contributed by atoms with E-state index in [4.69, 9.17) is 9.72 Å². The lowest BCUT2D eigenvalue weighted by molar-refractivity contribution is 0.183. The van der Waals surface area contributed by atoms with Crippen LogP contribution in [-0.4, -0.2) is 58.8 Å². The van der Waals surface area contributed by atoms with Crippen molar-refractivity contribution in [3.05, 3.63) is 48.4 Å². The molecule has 5 rings (SSSR count). The summed E-state index contributed by atoms with van der Waals surface area (Å²) in [4.78, 5) is 7.26. The second kappa shape index (κ2) is 9.14.